The van der Waals surface area contributed by atoms with Crippen molar-refractivity contribution in [3.05, 3.63) is 89.7 Å². The van der Waals surface area contributed by atoms with Crippen LogP contribution in [0, 0.1) is 6.92 Å². The first-order valence-corrected chi connectivity index (χ1v) is 16.2. The number of carbonyl (C=O) groups excluding carboxylic acids is 1. The number of carbonyl (C=O) groups is 2. The number of nitrogens with one attached hydrogen (secondary N) is 1. The molecule has 250 valence electrons. The Bertz CT molecular complexity index is 1840. The molecule has 3 aromatic carbocycles. The minimum Gasteiger partial charge on any atom is -0.480 e. The minimum absolute atomic E-state index is 0.0256. The van der Waals surface area contributed by atoms with Gasteiger partial charge in [-0.3, -0.25) is 9.69 Å². The lowest BCUT2D eigenvalue weighted by Gasteiger charge is -2.22. The van der Waals surface area contributed by atoms with E-state index in [0.717, 1.165) is 22.4 Å². The second kappa shape index (κ2) is 14.6. The Balaban J connectivity index is 1.21. The highest BCUT2D eigenvalue weighted by atomic mass is 32.2. The minimum atomic E-state index is -4.78. The molecule has 0 radical (unpaired) electrons. The molecule has 0 bridgehead atoms. The number of hydrogen-bond donors (Lipinski definition) is 2. The monoisotopic (exact) mass is 696 g/mol. The van der Waals surface area contributed by atoms with Gasteiger partial charge >= 0.3 is 12.3 Å². The number of aliphatic imine (C=N–C) groups is 1. The summed E-state index contributed by atoms with van der Waals surface area (Å²) >= 11 is 6.67. The summed E-state index contributed by atoms with van der Waals surface area (Å²) in [6.45, 7) is 6.10. The van der Waals surface area contributed by atoms with E-state index < -0.39 is 18.4 Å². The van der Waals surface area contributed by atoms with Gasteiger partial charge in [-0.25, -0.2) is 14.5 Å². The van der Waals surface area contributed by atoms with Crippen molar-refractivity contribution >= 4 is 51.8 Å². The van der Waals surface area contributed by atoms with Crippen LogP contribution in [0.2, 0.25) is 0 Å². The summed E-state index contributed by atoms with van der Waals surface area (Å²) in [5.74, 6) is -0.785. The first-order valence-electron chi connectivity index (χ1n) is 14.8. The summed E-state index contributed by atoms with van der Waals surface area (Å²) in [5.41, 5.74) is 4.88. The number of rotatable bonds is 10. The van der Waals surface area contributed by atoms with Gasteiger partial charge < -0.3 is 15.2 Å². The fourth-order valence-electron chi connectivity index (χ4n) is 5.00. The average molecular weight is 697 g/mol. The molecule has 0 aliphatic carbocycles. The second-order valence-corrected chi connectivity index (χ2v) is 12.6. The maximum Gasteiger partial charge on any atom is 0.573 e. The molecule has 1 aliphatic heterocycles. The highest BCUT2D eigenvalue weighted by molar-refractivity contribution is 8.15. The van der Waals surface area contributed by atoms with Gasteiger partial charge in [-0.05, 0) is 79.4 Å². The van der Waals surface area contributed by atoms with Crippen LogP contribution in [0.1, 0.15) is 42.9 Å². The number of halogens is 3. The van der Waals surface area contributed by atoms with Crippen LogP contribution in [-0.4, -0.2) is 60.2 Å². The van der Waals surface area contributed by atoms with E-state index in [9.17, 15) is 27.9 Å². The van der Waals surface area contributed by atoms with Crippen LogP contribution in [0.15, 0.2) is 78.0 Å². The van der Waals surface area contributed by atoms with E-state index in [-0.39, 0.29) is 34.9 Å². The zero-order valence-corrected chi connectivity index (χ0v) is 27.7. The highest BCUT2D eigenvalue weighted by Gasteiger charge is 2.33. The second-order valence-electron chi connectivity index (χ2n) is 11.3. The molecule has 5 rings (SSSR count). The van der Waals surface area contributed by atoms with Crippen LogP contribution in [0.3, 0.4) is 0 Å². The number of benzene rings is 3. The molecule has 1 aromatic heterocycles. The van der Waals surface area contributed by atoms with E-state index in [4.69, 9.17) is 12.2 Å². The molecule has 0 saturated carbocycles. The van der Waals surface area contributed by atoms with E-state index >= 15 is 0 Å². The van der Waals surface area contributed by atoms with Gasteiger partial charge in [-0.1, -0.05) is 67.6 Å². The third-order valence-corrected chi connectivity index (χ3v) is 8.50. The maximum absolute atomic E-state index is 12.9. The van der Waals surface area contributed by atoms with Crippen LogP contribution in [0.5, 0.6) is 5.75 Å². The highest BCUT2D eigenvalue weighted by Crippen LogP contribution is 2.34. The quantitative estimate of drug-likeness (QED) is 0.175. The standard InChI is InChI=1S/C33H31F3N6O4S2/c1-19(2)25-16-20(3)4-15-27(25)42-28(43)17-48-32(42)39-31(47)38-26(30(44)45)14-7-21-5-8-22(9-6-21)29-37-18-41(40-29)23-10-12-24(13-11-23)46-33(34,35)36/h4-6,8-13,15-16,18-19,26H,7,14,17H2,1-3H3,(H,38,47)(H,44,45)/b39-32-. The summed E-state index contributed by atoms with van der Waals surface area (Å²) < 4.78 is 42.6. The van der Waals surface area contributed by atoms with Crippen molar-refractivity contribution in [2.24, 2.45) is 4.99 Å². The van der Waals surface area contributed by atoms with Gasteiger partial charge in [0.25, 0.3) is 0 Å². The number of carboxylic acid groups (broad SMARTS) is 1. The van der Waals surface area contributed by atoms with Crippen molar-refractivity contribution in [1.82, 2.24) is 20.1 Å². The molecule has 1 aliphatic rings. The molecule has 15 heteroatoms. The van der Waals surface area contributed by atoms with Crippen molar-refractivity contribution in [3.63, 3.8) is 0 Å². The number of aromatic nitrogens is 3. The fraction of sp³-hybridized carbons (Fsp3) is 0.273. The molecule has 2 heterocycles. The van der Waals surface area contributed by atoms with Gasteiger partial charge in [0, 0.05) is 5.56 Å². The van der Waals surface area contributed by atoms with E-state index in [1.165, 1.54) is 47.0 Å². The number of amides is 1. The number of aliphatic carboxylic acids is 1. The molecule has 0 spiro atoms. The van der Waals surface area contributed by atoms with E-state index in [0.29, 0.717) is 28.7 Å². The van der Waals surface area contributed by atoms with Crippen LogP contribution < -0.4 is 15.0 Å². The molecule has 4 aromatic rings. The number of alkyl halides is 3. The maximum atomic E-state index is 12.9. The van der Waals surface area contributed by atoms with Gasteiger partial charge in [-0.2, -0.15) is 4.99 Å². The van der Waals surface area contributed by atoms with Gasteiger partial charge in [-0.15, -0.1) is 18.3 Å². The van der Waals surface area contributed by atoms with Crippen molar-refractivity contribution < 1.29 is 32.6 Å². The third kappa shape index (κ3) is 8.58. The Hall–Kier alpha value is -4.76. The number of aryl methyl sites for hydroxylation is 2. The predicted molar refractivity (Wildman–Crippen MR) is 182 cm³/mol. The Morgan fingerprint density at radius 1 is 1.12 bits per heavy atom. The third-order valence-electron chi connectivity index (χ3n) is 7.36. The van der Waals surface area contributed by atoms with Crippen molar-refractivity contribution in [1.29, 1.82) is 0 Å². The molecule has 1 unspecified atom stereocenters. The number of thioether (sulfide) groups is 1. The molecule has 2 N–H and O–H groups in total. The van der Waals surface area contributed by atoms with Crippen molar-refractivity contribution in [2.75, 3.05) is 10.7 Å². The van der Waals surface area contributed by atoms with E-state index in [1.54, 1.807) is 17.0 Å². The number of carboxylic acids is 1. The largest absolute Gasteiger partial charge is 0.573 e. The molecule has 48 heavy (non-hydrogen) atoms. The number of nitrogens with zero attached hydrogens (tertiary/aromatic N) is 5. The number of ether oxygens (including phenoxy) is 1. The zero-order valence-electron chi connectivity index (χ0n) is 26.1. The summed E-state index contributed by atoms with van der Waals surface area (Å²) in [6, 6.07) is 17.4. The SMILES string of the molecule is Cc1ccc(N2C(=O)CS/C2=N\C(=S)NC(CCc2ccc(-c3ncn(-c4ccc(OC(F)(F)F)cc4)n3)cc2)C(=O)O)c(C(C)C)c1. The van der Waals surface area contributed by atoms with Crippen LogP contribution >= 0.6 is 24.0 Å². The molecular weight excluding hydrogens is 666 g/mol. The van der Waals surface area contributed by atoms with E-state index in [2.05, 4.69) is 39.0 Å². The Labute approximate surface area is 284 Å². The van der Waals surface area contributed by atoms with Crippen LogP contribution in [-0.2, 0) is 16.0 Å². The van der Waals surface area contributed by atoms with Crippen LogP contribution in [0.25, 0.3) is 17.1 Å². The van der Waals surface area contributed by atoms with Crippen molar-refractivity contribution in [2.45, 2.75) is 51.9 Å². The number of thiocarbonyl (C=S) groups is 1. The summed E-state index contributed by atoms with van der Waals surface area (Å²) in [6.07, 6.45) is -2.70. The lowest BCUT2D eigenvalue weighted by molar-refractivity contribution is -0.274. The molecule has 10 nitrogen and oxygen atoms in total. The summed E-state index contributed by atoms with van der Waals surface area (Å²) in [7, 11) is 0. The summed E-state index contributed by atoms with van der Waals surface area (Å²) in [5, 5.41) is 17.5. The topological polar surface area (TPSA) is 122 Å². The first-order chi connectivity index (χ1) is 22.8. The lowest BCUT2D eigenvalue weighted by atomic mass is 9.98. The normalized spacial score (nSPS) is 14.9. The zero-order chi connectivity index (χ0) is 34.6. The van der Waals surface area contributed by atoms with Gasteiger partial charge in [0.1, 0.15) is 18.1 Å². The molecule has 1 atom stereocenters. The van der Waals surface area contributed by atoms with E-state index in [1.807, 2.05) is 37.3 Å². The van der Waals surface area contributed by atoms with Crippen LogP contribution in [0.4, 0.5) is 18.9 Å². The lowest BCUT2D eigenvalue weighted by Crippen LogP contribution is -2.40. The van der Waals surface area contributed by atoms with Gasteiger partial charge in [0.15, 0.2) is 16.1 Å². The number of amidine groups is 1. The number of hydrogen-bond acceptors (Lipinski definition) is 7. The molecular formula is C33H31F3N6O4S2. The molecule has 1 amide bonds. The average Bonchev–Trinajstić information content (AvgIpc) is 3.66. The Kier molecular flexibility index (Phi) is 10.5. The fourth-order valence-corrected chi connectivity index (χ4v) is 6.15. The molecule has 1 fully saturated rings. The smallest absolute Gasteiger partial charge is 0.480 e. The van der Waals surface area contributed by atoms with Gasteiger partial charge in [0.2, 0.25) is 5.91 Å². The van der Waals surface area contributed by atoms with Gasteiger partial charge in [0.05, 0.1) is 17.1 Å². The molecule has 1 saturated heterocycles. The Morgan fingerprint density at radius 3 is 2.48 bits per heavy atom. The predicted octanol–water partition coefficient (Wildman–Crippen LogP) is 6.66. The number of anilines is 1. The summed E-state index contributed by atoms with van der Waals surface area (Å²) in [4.78, 5) is 35.3. The first kappa shape index (κ1) is 34.6. The Morgan fingerprint density at radius 2 is 1.83 bits per heavy atom. The van der Waals surface area contributed by atoms with Crippen molar-refractivity contribution in [3.8, 4) is 22.8 Å².